The van der Waals surface area contributed by atoms with Gasteiger partial charge in [-0.15, -0.1) is 0 Å². The van der Waals surface area contributed by atoms with Gasteiger partial charge in [0.15, 0.2) is 0 Å². The maximum atomic E-state index is 9.79. The fourth-order valence-corrected chi connectivity index (χ4v) is 3.49. The zero-order valence-electron chi connectivity index (χ0n) is 12.0. The van der Waals surface area contributed by atoms with Gasteiger partial charge >= 0.3 is 115 Å². The Kier molecular flexibility index (Phi) is 4.21. The summed E-state index contributed by atoms with van der Waals surface area (Å²) in [5, 5.41) is 0.490. The summed E-state index contributed by atoms with van der Waals surface area (Å²) in [6.45, 7) is 12.6. The first kappa shape index (κ1) is 15.9. The molecule has 0 unspecified atom stereocenters. The van der Waals surface area contributed by atoms with Crippen LogP contribution in [0.2, 0.25) is 0 Å². The number of hydrogen-bond acceptors (Lipinski definition) is 2. The van der Waals surface area contributed by atoms with Crippen molar-refractivity contribution in [2.75, 3.05) is 0 Å². The van der Waals surface area contributed by atoms with Crippen molar-refractivity contribution in [1.29, 1.82) is 0 Å². The van der Waals surface area contributed by atoms with Gasteiger partial charge < -0.3 is 0 Å². The molecule has 1 aromatic rings. The first-order valence-corrected chi connectivity index (χ1v) is 9.03. The van der Waals surface area contributed by atoms with Gasteiger partial charge in [-0.3, -0.25) is 0 Å². The van der Waals surface area contributed by atoms with Crippen molar-refractivity contribution in [3.63, 3.8) is 0 Å². The van der Waals surface area contributed by atoms with Crippen molar-refractivity contribution >= 4 is 23.6 Å². The van der Waals surface area contributed by atoms with Crippen LogP contribution in [0.4, 0.5) is 0 Å². The van der Waals surface area contributed by atoms with E-state index in [4.69, 9.17) is 11.2 Å². The first-order valence-electron chi connectivity index (χ1n) is 6.12. The van der Waals surface area contributed by atoms with E-state index in [1.54, 1.807) is 6.07 Å². The standard InChI is InChI=1S/C14H24ClO2P/c1-13(2,3)10-7-8-12(18(15,16)17)11(9-10)14(4,5)6/h7-9,16-18H,1-6H3. The Bertz CT molecular complexity index is 437. The van der Waals surface area contributed by atoms with Gasteiger partial charge in [-0.25, -0.2) is 0 Å². The van der Waals surface area contributed by atoms with E-state index < -0.39 is 7.07 Å². The van der Waals surface area contributed by atoms with Gasteiger partial charge in [0.25, 0.3) is 0 Å². The third-order valence-electron chi connectivity index (χ3n) is 3.04. The quantitative estimate of drug-likeness (QED) is 0.776. The van der Waals surface area contributed by atoms with Gasteiger partial charge in [0.1, 0.15) is 0 Å². The Morgan fingerprint density at radius 2 is 1.44 bits per heavy atom. The summed E-state index contributed by atoms with van der Waals surface area (Å²) in [4.78, 5) is 19.6. The van der Waals surface area contributed by atoms with E-state index in [1.165, 1.54) is 5.56 Å². The van der Waals surface area contributed by atoms with Crippen molar-refractivity contribution in [2.24, 2.45) is 0 Å². The van der Waals surface area contributed by atoms with Gasteiger partial charge in [0.05, 0.1) is 0 Å². The molecule has 0 aliphatic heterocycles. The van der Waals surface area contributed by atoms with Crippen LogP contribution in [-0.2, 0) is 10.8 Å². The second-order valence-electron chi connectivity index (χ2n) is 6.85. The summed E-state index contributed by atoms with van der Waals surface area (Å²) in [6, 6.07) is 5.74. The fourth-order valence-electron chi connectivity index (χ4n) is 1.91. The monoisotopic (exact) mass is 290 g/mol. The molecule has 0 aliphatic rings. The molecule has 0 heterocycles. The molecule has 18 heavy (non-hydrogen) atoms. The SMILES string of the molecule is CC(C)(C)c1ccc([PH](O)(O)Cl)c(C(C)(C)C)c1. The molecule has 2 nitrogen and oxygen atoms in total. The van der Waals surface area contributed by atoms with Crippen LogP contribution in [0.1, 0.15) is 52.7 Å². The normalized spacial score (nSPS) is 14.7. The van der Waals surface area contributed by atoms with Gasteiger partial charge in [-0.1, -0.05) is 0 Å². The molecule has 0 aliphatic carbocycles. The van der Waals surface area contributed by atoms with E-state index in [0.29, 0.717) is 5.30 Å². The van der Waals surface area contributed by atoms with Gasteiger partial charge in [0, 0.05) is 0 Å². The Morgan fingerprint density at radius 1 is 0.944 bits per heavy atom. The van der Waals surface area contributed by atoms with Crippen LogP contribution in [0.15, 0.2) is 18.2 Å². The summed E-state index contributed by atoms with van der Waals surface area (Å²) in [5.74, 6) is 0. The third-order valence-corrected chi connectivity index (χ3v) is 4.77. The van der Waals surface area contributed by atoms with Crippen LogP contribution in [0.25, 0.3) is 0 Å². The molecule has 0 amide bonds. The molecule has 0 bridgehead atoms. The Hall–Kier alpha value is -0.140. The second-order valence-corrected chi connectivity index (χ2v) is 10.1. The summed E-state index contributed by atoms with van der Waals surface area (Å²) >= 11 is 5.79. The predicted molar refractivity (Wildman–Crippen MR) is 82.1 cm³/mol. The zero-order chi connectivity index (χ0) is 14.4. The van der Waals surface area contributed by atoms with Gasteiger partial charge in [-0.05, 0) is 0 Å². The average Bonchev–Trinajstić information content (AvgIpc) is 2.12. The van der Waals surface area contributed by atoms with E-state index >= 15 is 0 Å². The van der Waals surface area contributed by atoms with Crippen LogP contribution in [0.3, 0.4) is 0 Å². The zero-order valence-corrected chi connectivity index (χ0v) is 13.8. The molecule has 1 aromatic carbocycles. The Labute approximate surface area is 115 Å². The third kappa shape index (κ3) is 3.68. The van der Waals surface area contributed by atoms with Crippen LogP contribution in [-0.4, -0.2) is 9.79 Å². The molecule has 0 fully saturated rings. The summed E-state index contributed by atoms with van der Waals surface area (Å²) in [7, 11) is -3.80. The predicted octanol–water partition coefficient (Wildman–Crippen LogP) is 3.63. The molecule has 4 heteroatoms. The molecule has 0 saturated heterocycles. The minimum atomic E-state index is -3.80. The summed E-state index contributed by atoms with van der Waals surface area (Å²) < 4.78 is 0. The van der Waals surface area contributed by atoms with Crippen molar-refractivity contribution < 1.29 is 9.79 Å². The molecule has 0 aromatic heterocycles. The maximum absolute atomic E-state index is 9.79. The first-order chi connectivity index (χ1) is 7.83. The average molecular weight is 291 g/mol. The number of halogens is 1. The Balaban J connectivity index is 3.50. The molecule has 0 atom stereocenters. The Morgan fingerprint density at radius 3 is 1.78 bits per heavy atom. The van der Waals surface area contributed by atoms with Gasteiger partial charge in [-0.2, -0.15) is 0 Å². The summed E-state index contributed by atoms with van der Waals surface area (Å²) in [6.07, 6.45) is 0. The topological polar surface area (TPSA) is 40.5 Å². The van der Waals surface area contributed by atoms with E-state index in [2.05, 4.69) is 41.5 Å². The van der Waals surface area contributed by atoms with E-state index in [1.807, 2.05) is 12.1 Å². The van der Waals surface area contributed by atoms with Crippen molar-refractivity contribution in [3.05, 3.63) is 29.3 Å². The summed E-state index contributed by atoms with van der Waals surface area (Å²) in [5.41, 5.74) is 1.95. The molecule has 0 spiro atoms. The molecular formula is C14H24ClO2P. The molecule has 0 saturated carbocycles. The number of rotatable bonds is 1. The molecule has 0 radical (unpaired) electrons. The van der Waals surface area contributed by atoms with Gasteiger partial charge in [0.2, 0.25) is 0 Å². The van der Waals surface area contributed by atoms with Crippen LogP contribution in [0.5, 0.6) is 0 Å². The van der Waals surface area contributed by atoms with Crippen molar-refractivity contribution in [3.8, 4) is 0 Å². The van der Waals surface area contributed by atoms with E-state index in [-0.39, 0.29) is 10.8 Å². The van der Waals surface area contributed by atoms with E-state index in [0.717, 1.165) is 5.56 Å². The fraction of sp³-hybridized carbons (Fsp3) is 0.571. The van der Waals surface area contributed by atoms with E-state index in [9.17, 15) is 9.79 Å². The number of hydrogen-bond donors (Lipinski definition) is 2. The minimum absolute atomic E-state index is 0.0277. The van der Waals surface area contributed by atoms with Crippen LogP contribution >= 0.6 is 18.3 Å². The second kappa shape index (κ2) is 4.76. The van der Waals surface area contributed by atoms with Crippen molar-refractivity contribution in [1.82, 2.24) is 0 Å². The van der Waals surface area contributed by atoms with Crippen LogP contribution in [0, 0.1) is 0 Å². The van der Waals surface area contributed by atoms with Crippen molar-refractivity contribution in [2.45, 2.75) is 52.4 Å². The van der Waals surface area contributed by atoms with Crippen LogP contribution < -0.4 is 5.30 Å². The molecular weight excluding hydrogens is 267 g/mol. The number of benzene rings is 1. The molecule has 1 rings (SSSR count). The molecule has 104 valence electrons. The molecule has 2 N–H and O–H groups in total.